The molecule has 4 aliphatic rings. The molecule has 7 heteroatoms. The van der Waals surface area contributed by atoms with Crippen LogP contribution in [0.5, 0.6) is 0 Å². The Morgan fingerprint density at radius 1 is 1.00 bits per heavy atom. The van der Waals surface area contributed by atoms with Crippen LogP contribution in [0.3, 0.4) is 0 Å². The molecular weight excluding hydrogens is 364 g/mol. The highest BCUT2D eigenvalue weighted by Gasteiger charge is 2.73. The van der Waals surface area contributed by atoms with Gasteiger partial charge in [0, 0.05) is 23.7 Å². The van der Waals surface area contributed by atoms with Gasteiger partial charge in [0.25, 0.3) is 0 Å². The zero-order valence-electron chi connectivity index (χ0n) is 16.8. The number of aliphatic hydroxyl groups excluding tert-OH is 3. The molecule has 4 aliphatic carbocycles. The third kappa shape index (κ3) is 2.12. The topological polar surface area (TPSA) is 135 Å². The van der Waals surface area contributed by atoms with Crippen molar-refractivity contribution in [2.75, 3.05) is 0 Å². The zero-order chi connectivity index (χ0) is 20.9. The van der Waals surface area contributed by atoms with Crippen molar-refractivity contribution in [2.24, 2.45) is 28.6 Å². The van der Waals surface area contributed by atoms with E-state index in [0.29, 0.717) is 12.8 Å². The Bertz CT molecular complexity index is 724. The monoisotopic (exact) mass is 396 g/mol. The smallest absolute Gasteiger partial charge is 0.165 e. The van der Waals surface area contributed by atoms with Crippen LogP contribution in [0.25, 0.3) is 0 Å². The summed E-state index contributed by atoms with van der Waals surface area (Å²) in [6, 6.07) is 0. The van der Waals surface area contributed by atoms with Crippen molar-refractivity contribution in [3.63, 3.8) is 0 Å². The lowest BCUT2D eigenvalue weighted by atomic mass is 9.42. The molecule has 0 spiro atoms. The SMILES string of the molecule is CC(=O)[C@@]1(O)[C@H](O)C[C@H]2[C@@H]3CC(=O)[C@@]4(O)C[C@H](O)[C@H](O)C[C@]4(C)[C@H]3CC[C@@]21C. The fourth-order valence-corrected chi connectivity index (χ4v) is 7.70. The summed E-state index contributed by atoms with van der Waals surface area (Å²) in [6.07, 6.45) is -1.96. The summed E-state index contributed by atoms with van der Waals surface area (Å²) in [5.74, 6) is -1.33. The van der Waals surface area contributed by atoms with Gasteiger partial charge >= 0.3 is 0 Å². The number of fused-ring (bicyclic) bond motifs is 5. The van der Waals surface area contributed by atoms with Crippen LogP contribution in [-0.4, -0.2) is 66.6 Å². The lowest BCUT2D eigenvalue weighted by Gasteiger charge is -2.63. The Kier molecular flexibility index (Phi) is 4.27. The predicted molar refractivity (Wildman–Crippen MR) is 98.0 cm³/mol. The van der Waals surface area contributed by atoms with Crippen LogP contribution < -0.4 is 0 Å². The van der Waals surface area contributed by atoms with Gasteiger partial charge in [-0.1, -0.05) is 13.8 Å². The highest BCUT2D eigenvalue weighted by atomic mass is 16.4. The number of carbonyl (C=O) groups is 2. The van der Waals surface area contributed by atoms with E-state index in [4.69, 9.17) is 0 Å². The lowest BCUT2D eigenvalue weighted by Crippen LogP contribution is -2.70. The maximum Gasteiger partial charge on any atom is 0.165 e. The first kappa shape index (κ1) is 20.4. The molecule has 28 heavy (non-hydrogen) atoms. The van der Waals surface area contributed by atoms with Gasteiger partial charge in [-0.2, -0.15) is 0 Å². The highest BCUT2D eigenvalue weighted by molar-refractivity contribution is 5.90. The first-order chi connectivity index (χ1) is 12.8. The maximum atomic E-state index is 13.1. The average Bonchev–Trinajstić information content (AvgIpc) is 2.81. The van der Waals surface area contributed by atoms with Crippen molar-refractivity contribution < 1.29 is 35.1 Å². The van der Waals surface area contributed by atoms with Gasteiger partial charge in [-0.3, -0.25) is 9.59 Å². The van der Waals surface area contributed by atoms with Crippen molar-refractivity contribution in [1.82, 2.24) is 0 Å². The Morgan fingerprint density at radius 3 is 2.21 bits per heavy atom. The fourth-order valence-electron chi connectivity index (χ4n) is 7.70. The minimum absolute atomic E-state index is 0.0978. The molecule has 0 aromatic heterocycles. The minimum Gasteiger partial charge on any atom is -0.390 e. The van der Waals surface area contributed by atoms with E-state index in [9.17, 15) is 35.1 Å². The number of ketones is 2. The fraction of sp³-hybridized carbons (Fsp3) is 0.905. The standard InChI is InChI=1S/C21H32O7/c1-10(22)21(28)17(26)7-13-11-6-16(25)20(27)9-15(24)14(23)8-19(20,3)12(11)4-5-18(13,21)2/h11-15,17,23-24,26-28H,4-9H2,1-3H3/t11-,12+,13+,14-,15+,17-,18+,19-,20+,21-/m1/s1. The van der Waals surface area contributed by atoms with Crippen molar-refractivity contribution in [3.05, 3.63) is 0 Å². The van der Waals surface area contributed by atoms with Gasteiger partial charge in [0.1, 0.15) is 5.60 Å². The van der Waals surface area contributed by atoms with Crippen molar-refractivity contribution in [1.29, 1.82) is 0 Å². The lowest BCUT2D eigenvalue weighted by molar-refractivity contribution is -0.234. The predicted octanol–water partition coefficient (Wildman–Crippen LogP) is -0.0544. The second kappa shape index (κ2) is 5.85. The third-order valence-corrected chi connectivity index (χ3v) is 9.42. The van der Waals surface area contributed by atoms with E-state index in [2.05, 4.69) is 0 Å². The molecule has 4 fully saturated rings. The summed E-state index contributed by atoms with van der Waals surface area (Å²) in [4.78, 5) is 25.4. The molecule has 0 aromatic rings. The van der Waals surface area contributed by atoms with Crippen LogP contribution in [0.1, 0.15) is 59.3 Å². The molecule has 0 aliphatic heterocycles. The van der Waals surface area contributed by atoms with E-state index in [1.165, 1.54) is 6.92 Å². The molecule has 4 rings (SSSR count). The van der Waals surface area contributed by atoms with Crippen LogP contribution in [-0.2, 0) is 9.59 Å². The molecule has 4 saturated carbocycles. The third-order valence-electron chi connectivity index (χ3n) is 9.42. The first-order valence-corrected chi connectivity index (χ1v) is 10.4. The summed E-state index contributed by atoms with van der Waals surface area (Å²) in [5, 5.41) is 53.5. The highest BCUT2D eigenvalue weighted by Crippen LogP contribution is 2.68. The van der Waals surface area contributed by atoms with Gasteiger partial charge in [0.15, 0.2) is 17.2 Å². The quantitative estimate of drug-likeness (QED) is 0.419. The molecule has 0 heterocycles. The number of rotatable bonds is 1. The van der Waals surface area contributed by atoms with Crippen molar-refractivity contribution in [3.8, 4) is 0 Å². The molecule has 5 N–H and O–H groups in total. The molecule has 158 valence electrons. The van der Waals surface area contributed by atoms with E-state index in [1.54, 1.807) is 0 Å². The molecule has 0 aromatic carbocycles. The Morgan fingerprint density at radius 2 is 1.61 bits per heavy atom. The van der Waals surface area contributed by atoms with Crippen LogP contribution in [0, 0.1) is 28.6 Å². The summed E-state index contributed by atoms with van der Waals surface area (Å²) < 4.78 is 0. The maximum absolute atomic E-state index is 13.1. The van der Waals surface area contributed by atoms with Crippen LogP contribution >= 0.6 is 0 Å². The Labute approximate surface area is 164 Å². The molecular formula is C21H32O7. The van der Waals surface area contributed by atoms with E-state index in [0.717, 1.165) is 0 Å². The normalized spacial score (nSPS) is 58.6. The van der Waals surface area contributed by atoms with Crippen molar-refractivity contribution >= 4 is 11.6 Å². The van der Waals surface area contributed by atoms with Crippen LogP contribution in [0.4, 0.5) is 0 Å². The van der Waals surface area contributed by atoms with Crippen molar-refractivity contribution in [2.45, 2.75) is 88.8 Å². The van der Waals surface area contributed by atoms with E-state index in [-0.39, 0.29) is 49.2 Å². The summed E-state index contributed by atoms with van der Waals surface area (Å²) in [5.41, 5.74) is -5.25. The Hall–Kier alpha value is -0.860. The summed E-state index contributed by atoms with van der Waals surface area (Å²) >= 11 is 0. The van der Waals surface area contributed by atoms with Gasteiger partial charge in [-0.15, -0.1) is 0 Å². The van der Waals surface area contributed by atoms with E-state index < -0.39 is 46.1 Å². The second-order valence-corrected chi connectivity index (χ2v) is 10.4. The number of hydrogen-bond acceptors (Lipinski definition) is 7. The molecule has 7 nitrogen and oxygen atoms in total. The molecule has 10 atom stereocenters. The van der Waals surface area contributed by atoms with Gasteiger partial charge in [-0.05, 0) is 50.4 Å². The second-order valence-electron chi connectivity index (χ2n) is 10.4. The average molecular weight is 396 g/mol. The summed E-state index contributed by atoms with van der Waals surface area (Å²) in [7, 11) is 0. The number of carbonyl (C=O) groups excluding carboxylic acids is 2. The van der Waals surface area contributed by atoms with E-state index in [1.807, 2.05) is 13.8 Å². The van der Waals surface area contributed by atoms with Crippen LogP contribution in [0.15, 0.2) is 0 Å². The van der Waals surface area contributed by atoms with Gasteiger partial charge in [-0.25, -0.2) is 0 Å². The van der Waals surface area contributed by atoms with Gasteiger partial charge in [0.2, 0.25) is 0 Å². The zero-order valence-corrected chi connectivity index (χ0v) is 16.8. The molecule has 0 amide bonds. The van der Waals surface area contributed by atoms with Gasteiger partial charge in [0.05, 0.1) is 18.3 Å². The number of aliphatic hydroxyl groups is 5. The van der Waals surface area contributed by atoms with Crippen LogP contribution in [0.2, 0.25) is 0 Å². The number of hydrogen-bond donors (Lipinski definition) is 5. The minimum atomic E-state index is -1.83. The molecule has 0 saturated heterocycles. The molecule has 0 unspecified atom stereocenters. The molecule has 0 bridgehead atoms. The van der Waals surface area contributed by atoms with E-state index >= 15 is 0 Å². The number of Topliss-reactive ketones (excluding diaryl/α,β-unsaturated/α-hetero) is 2. The largest absolute Gasteiger partial charge is 0.390 e. The molecule has 0 radical (unpaired) electrons. The van der Waals surface area contributed by atoms with Gasteiger partial charge < -0.3 is 25.5 Å². The summed E-state index contributed by atoms with van der Waals surface area (Å²) in [6.45, 7) is 4.95. The first-order valence-electron chi connectivity index (χ1n) is 10.4. The Balaban J connectivity index is 1.77.